The van der Waals surface area contributed by atoms with Crippen molar-refractivity contribution in [2.24, 2.45) is 4.99 Å². The lowest BCUT2D eigenvalue weighted by atomic mass is 10.2. The minimum absolute atomic E-state index is 0.0640. The lowest BCUT2D eigenvalue weighted by Crippen LogP contribution is -2.45. The fraction of sp³-hybridized carbons (Fsp3) is 0.929. The van der Waals surface area contributed by atoms with Crippen molar-refractivity contribution in [1.82, 2.24) is 15.5 Å². The number of likely N-dealkylation sites (tertiary alicyclic amines) is 1. The Hall–Kier alpha value is -0.860. The van der Waals surface area contributed by atoms with Crippen molar-refractivity contribution < 1.29 is 13.2 Å². The van der Waals surface area contributed by atoms with Gasteiger partial charge in [-0.25, -0.2) is 8.42 Å². The Kier molecular flexibility index (Phi) is 8.74. The molecule has 1 fully saturated rings. The Morgan fingerprint density at radius 1 is 1.36 bits per heavy atom. The van der Waals surface area contributed by atoms with E-state index >= 15 is 0 Å². The Balaban J connectivity index is 2.12. The second-order valence-electron chi connectivity index (χ2n) is 5.55. The van der Waals surface area contributed by atoms with Crippen LogP contribution in [0.5, 0.6) is 0 Å². The van der Waals surface area contributed by atoms with Gasteiger partial charge in [0, 0.05) is 32.4 Å². The highest BCUT2D eigenvalue weighted by Crippen LogP contribution is 2.15. The largest absolute Gasteiger partial charge is 0.379 e. The number of hydrogen-bond donors (Lipinski definition) is 2. The molecule has 1 aliphatic heterocycles. The average Bonchev–Trinajstić information content (AvgIpc) is 2.92. The van der Waals surface area contributed by atoms with E-state index in [-0.39, 0.29) is 12.4 Å². The zero-order chi connectivity index (χ0) is 16.4. The summed E-state index contributed by atoms with van der Waals surface area (Å²) in [5.74, 6) is 0.823. The molecule has 1 aliphatic rings. The molecule has 0 amide bonds. The molecule has 1 unspecified atom stereocenters. The highest BCUT2D eigenvalue weighted by atomic mass is 32.2. The molecule has 7 nitrogen and oxygen atoms in total. The topological polar surface area (TPSA) is 83.0 Å². The fourth-order valence-corrected chi connectivity index (χ4v) is 2.95. The number of guanidine groups is 1. The summed E-state index contributed by atoms with van der Waals surface area (Å²) in [4.78, 5) is 6.66. The average molecular weight is 334 g/mol. The van der Waals surface area contributed by atoms with Crippen LogP contribution < -0.4 is 10.6 Å². The van der Waals surface area contributed by atoms with E-state index in [1.165, 1.54) is 25.6 Å². The van der Waals surface area contributed by atoms with Crippen LogP contribution in [0.2, 0.25) is 0 Å². The molecule has 0 bridgehead atoms. The van der Waals surface area contributed by atoms with Crippen LogP contribution in [0.1, 0.15) is 19.8 Å². The molecule has 1 atom stereocenters. The van der Waals surface area contributed by atoms with Gasteiger partial charge in [-0.05, 0) is 25.9 Å². The van der Waals surface area contributed by atoms with E-state index in [0.717, 1.165) is 19.0 Å². The standard InChI is InChI=1S/C14H30N4O3S/c1-4-18-8-5-6-13(18)12-17-14(15-2)16-7-9-21-10-11-22(3,19)20/h13H,4-12H2,1-3H3,(H2,15,16,17). The number of sulfone groups is 1. The molecule has 0 aromatic carbocycles. The minimum atomic E-state index is -2.94. The molecule has 8 heteroatoms. The third-order valence-electron chi connectivity index (χ3n) is 3.77. The molecule has 0 radical (unpaired) electrons. The SMILES string of the molecule is CCN1CCCC1CNC(=NC)NCCOCCS(C)(=O)=O. The van der Waals surface area contributed by atoms with E-state index in [0.29, 0.717) is 19.2 Å². The van der Waals surface area contributed by atoms with Crippen molar-refractivity contribution in [1.29, 1.82) is 0 Å². The van der Waals surface area contributed by atoms with Gasteiger partial charge in [-0.2, -0.15) is 0 Å². The zero-order valence-electron chi connectivity index (χ0n) is 14.0. The van der Waals surface area contributed by atoms with Crippen LogP contribution in [-0.4, -0.2) is 83.8 Å². The lowest BCUT2D eigenvalue weighted by molar-refractivity contribution is 0.154. The second kappa shape index (κ2) is 10.0. The number of ether oxygens (including phenoxy) is 1. The molecule has 1 saturated heterocycles. The van der Waals surface area contributed by atoms with Gasteiger partial charge in [0.15, 0.2) is 5.96 Å². The molecule has 0 saturated carbocycles. The van der Waals surface area contributed by atoms with Crippen LogP contribution in [0.25, 0.3) is 0 Å². The highest BCUT2D eigenvalue weighted by molar-refractivity contribution is 7.90. The first-order valence-corrected chi connectivity index (χ1v) is 9.96. The molecule has 130 valence electrons. The molecule has 1 heterocycles. The molecule has 0 aromatic rings. The van der Waals surface area contributed by atoms with E-state index < -0.39 is 9.84 Å². The van der Waals surface area contributed by atoms with Crippen LogP contribution in [-0.2, 0) is 14.6 Å². The van der Waals surface area contributed by atoms with Crippen molar-refractivity contribution >= 4 is 15.8 Å². The monoisotopic (exact) mass is 334 g/mol. The summed E-state index contributed by atoms with van der Waals surface area (Å²) in [6, 6.07) is 0.578. The van der Waals surface area contributed by atoms with E-state index in [9.17, 15) is 8.42 Å². The van der Waals surface area contributed by atoms with Gasteiger partial charge in [-0.1, -0.05) is 6.92 Å². The highest BCUT2D eigenvalue weighted by Gasteiger charge is 2.22. The fourth-order valence-electron chi connectivity index (χ4n) is 2.53. The number of rotatable bonds is 9. The van der Waals surface area contributed by atoms with Crippen molar-refractivity contribution in [2.75, 3.05) is 58.4 Å². The number of aliphatic imine (C=N–C) groups is 1. The molecule has 1 rings (SSSR count). The van der Waals surface area contributed by atoms with E-state index in [1.807, 2.05) is 0 Å². The van der Waals surface area contributed by atoms with Crippen molar-refractivity contribution in [2.45, 2.75) is 25.8 Å². The van der Waals surface area contributed by atoms with Gasteiger partial charge < -0.3 is 15.4 Å². The third kappa shape index (κ3) is 7.95. The number of hydrogen-bond acceptors (Lipinski definition) is 5. The van der Waals surface area contributed by atoms with E-state index in [4.69, 9.17) is 4.74 Å². The van der Waals surface area contributed by atoms with Gasteiger partial charge in [0.2, 0.25) is 0 Å². The maximum atomic E-state index is 11.0. The first-order valence-electron chi connectivity index (χ1n) is 7.90. The molecular formula is C14H30N4O3S. The Morgan fingerprint density at radius 3 is 2.77 bits per heavy atom. The minimum Gasteiger partial charge on any atom is -0.379 e. The Bertz CT molecular complexity index is 439. The van der Waals surface area contributed by atoms with Crippen LogP contribution in [0.3, 0.4) is 0 Å². The lowest BCUT2D eigenvalue weighted by Gasteiger charge is -2.23. The van der Waals surface area contributed by atoms with Crippen molar-refractivity contribution in [3.8, 4) is 0 Å². The van der Waals surface area contributed by atoms with Gasteiger partial charge >= 0.3 is 0 Å². The summed E-state index contributed by atoms with van der Waals surface area (Å²) in [5, 5.41) is 6.51. The summed E-state index contributed by atoms with van der Waals surface area (Å²) in [6.45, 7) is 6.66. The second-order valence-corrected chi connectivity index (χ2v) is 7.81. The molecule has 22 heavy (non-hydrogen) atoms. The predicted octanol–water partition coefficient (Wildman–Crippen LogP) is -0.303. The molecule has 0 aromatic heterocycles. The Labute approximate surface area is 134 Å². The van der Waals surface area contributed by atoms with Crippen LogP contribution in [0, 0.1) is 0 Å². The predicted molar refractivity (Wildman–Crippen MR) is 90.2 cm³/mol. The molecular weight excluding hydrogens is 304 g/mol. The van der Waals surface area contributed by atoms with Gasteiger partial charge in [-0.15, -0.1) is 0 Å². The van der Waals surface area contributed by atoms with E-state index in [1.54, 1.807) is 7.05 Å². The maximum absolute atomic E-state index is 11.0. The number of likely N-dealkylation sites (N-methyl/N-ethyl adjacent to an activating group) is 1. The maximum Gasteiger partial charge on any atom is 0.191 e. The third-order valence-corrected chi connectivity index (χ3v) is 4.68. The molecule has 2 N–H and O–H groups in total. The normalized spacial score (nSPS) is 20.3. The van der Waals surface area contributed by atoms with Crippen molar-refractivity contribution in [3.05, 3.63) is 0 Å². The Morgan fingerprint density at radius 2 is 2.14 bits per heavy atom. The van der Waals surface area contributed by atoms with Crippen molar-refractivity contribution in [3.63, 3.8) is 0 Å². The first-order chi connectivity index (χ1) is 10.5. The smallest absolute Gasteiger partial charge is 0.191 e. The molecule has 0 aliphatic carbocycles. The summed E-state index contributed by atoms with van der Waals surface area (Å²) in [7, 11) is -1.20. The van der Waals surface area contributed by atoms with Gasteiger partial charge in [0.05, 0.1) is 19.0 Å². The summed E-state index contributed by atoms with van der Waals surface area (Å²) in [6.07, 6.45) is 3.70. The van der Waals surface area contributed by atoms with Crippen LogP contribution in [0.4, 0.5) is 0 Å². The summed E-state index contributed by atoms with van der Waals surface area (Å²) < 4.78 is 27.2. The number of nitrogens with one attached hydrogen (secondary N) is 2. The first kappa shape index (κ1) is 19.2. The van der Waals surface area contributed by atoms with Gasteiger partial charge in [0.25, 0.3) is 0 Å². The quantitative estimate of drug-likeness (QED) is 0.342. The van der Waals surface area contributed by atoms with E-state index in [2.05, 4.69) is 27.4 Å². The van der Waals surface area contributed by atoms with Crippen LogP contribution >= 0.6 is 0 Å². The zero-order valence-corrected chi connectivity index (χ0v) is 14.8. The van der Waals surface area contributed by atoms with Gasteiger partial charge in [0.1, 0.15) is 9.84 Å². The molecule has 0 spiro atoms. The van der Waals surface area contributed by atoms with Gasteiger partial charge in [-0.3, -0.25) is 9.89 Å². The summed E-state index contributed by atoms with van der Waals surface area (Å²) in [5.41, 5.74) is 0. The number of nitrogens with zero attached hydrogens (tertiary/aromatic N) is 2. The summed E-state index contributed by atoms with van der Waals surface area (Å²) >= 11 is 0. The van der Waals surface area contributed by atoms with Crippen LogP contribution in [0.15, 0.2) is 4.99 Å².